The summed E-state index contributed by atoms with van der Waals surface area (Å²) in [6.07, 6.45) is 5.67. The van der Waals surface area contributed by atoms with E-state index in [-0.39, 0.29) is 11.9 Å². The van der Waals surface area contributed by atoms with Gasteiger partial charge in [-0.3, -0.25) is 4.90 Å². The first kappa shape index (κ1) is 26.5. The van der Waals surface area contributed by atoms with Crippen molar-refractivity contribution in [1.82, 2.24) is 24.0 Å². The zero-order valence-electron chi connectivity index (χ0n) is 22.2. The molecular weight excluding hydrogens is 537 g/mol. The predicted octanol–water partition coefficient (Wildman–Crippen LogP) is 4.71. The van der Waals surface area contributed by atoms with Crippen molar-refractivity contribution in [3.63, 3.8) is 0 Å². The van der Waals surface area contributed by atoms with E-state index in [9.17, 15) is 12.8 Å². The molecule has 2 aromatic carbocycles. The van der Waals surface area contributed by atoms with Gasteiger partial charge < -0.3 is 4.74 Å². The molecular formula is C28H32FN5O3S2. The van der Waals surface area contributed by atoms with Gasteiger partial charge >= 0.3 is 0 Å². The molecule has 1 saturated heterocycles. The van der Waals surface area contributed by atoms with Gasteiger partial charge in [-0.2, -0.15) is 9.40 Å². The smallest absolute Gasteiger partial charge is 0.254 e. The number of rotatable bonds is 7. The van der Waals surface area contributed by atoms with Crippen LogP contribution < -0.4 is 0 Å². The van der Waals surface area contributed by atoms with Crippen molar-refractivity contribution < 1.29 is 17.5 Å². The number of ether oxygens (including phenoxy) is 1. The molecule has 4 aromatic rings. The number of thiazole rings is 1. The first-order valence-corrected chi connectivity index (χ1v) is 15.4. The third kappa shape index (κ3) is 5.02. The quantitative estimate of drug-likeness (QED) is 0.321. The van der Waals surface area contributed by atoms with Crippen LogP contribution in [0.5, 0.6) is 0 Å². The van der Waals surface area contributed by atoms with Crippen LogP contribution in [-0.4, -0.2) is 71.8 Å². The second kappa shape index (κ2) is 10.4. The van der Waals surface area contributed by atoms with Crippen LogP contribution in [-0.2, 0) is 14.8 Å². The van der Waals surface area contributed by atoms with Gasteiger partial charge in [0, 0.05) is 44.7 Å². The number of fused-ring (bicyclic) bond motifs is 1. The third-order valence-corrected chi connectivity index (χ3v) is 11.3. The second-order valence-corrected chi connectivity index (χ2v) is 14.0. The summed E-state index contributed by atoms with van der Waals surface area (Å²) in [5.41, 5.74) is 3.88. The molecule has 0 amide bonds. The van der Waals surface area contributed by atoms with E-state index in [0.717, 1.165) is 52.1 Å². The van der Waals surface area contributed by atoms with Crippen molar-refractivity contribution in [1.29, 1.82) is 0 Å². The topological polar surface area (TPSA) is 80.6 Å². The van der Waals surface area contributed by atoms with E-state index >= 15 is 0 Å². The van der Waals surface area contributed by atoms with Crippen LogP contribution in [0.1, 0.15) is 35.0 Å². The van der Waals surface area contributed by atoms with Gasteiger partial charge in [-0.1, -0.05) is 0 Å². The van der Waals surface area contributed by atoms with Crippen molar-refractivity contribution in [3.8, 4) is 5.69 Å². The summed E-state index contributed by atoms with van der Waals surface area (Å²) in [4.78, 5) is 6.63. The third-order valence-electron chi connectivity index (χ3n) is 8.05. The van der Waals surface area contributed by atoms with E-state index in [2.05, 4.69) is 34.0 Å². The van der Waals surface area contributed by atoms with Crippen LogP contribution in [0.15, 0.2) is 53.0 Å². The SMILES string of the molecule is CO[C@H]1C[C@@H](CN2CCN(S(=O)(=O)c3cnc(C)s3)C[C@H]2c2cc3cnn(-c4ccc(F)cc4)c3cc2C)C1. The Hall–Kier alpha value is -2.70. The Labute approximate surface area is 232 Å². The first-order chi connectivity index (χ1) is 18.7. The summed E-state index contributed by atoms with van der Waals surface area (Å²) in [5, 5.41) is 6.28. The Morgan fingerprint density at radius 3 is 2.56 bits per heavy atom. The number of hydrogen-bond acceptors (Lipinski definition) is 7. The molecule has 1 aliphatic heterocycles. The summed E-state index contributed by atoms with van der Waals surface area (Å²) in [6, 6.07) is 10.4. The summed E-state index contributed by atoms with van der Waals surface area (Å²) < 4.78 is 49.8. The molecule has 8 nitrogen and oxygen atoms in total. The lowest BCUT2D eigenvalue weighted by atomic mass is 9.81. The normalized spacial score (nSPS) is 22.8. The van der Waals surface area contributed by atoms with E-state index in [4.69, 9.17) is 4.74 Å². The van der Waals surface area contributed by atoms with Crippen LogP contribution in [0.2, 0.25) is 0 Å². The van der Waals surface area contributed by atoms with Crippen LogP contribution >= 0.6 is 11.3 Å². The van der Waals surface area contributed by atoms with Crippen molar-refractivity contribution in [2.75, 3.05) is 33.3 Å². The molecule has 2 aliphatic rings. The molecule has 0 N–H and O–H groups in total. The molecule has 206 valence electrons. The fourth-order valence-electron chi connectivity index (χ4n) is 5.81. The predicted molar refractivity (Wildman–Crippen MR) is 149 cm³/mol. The average Bonchev–Trinajstić information content (AvgIpc) is 3.52. The highest BCUT2D eigenvalue weighted by Gasteiger charge is 2.39. The van der Waals surface area contributed by atoms with Gasteiger partial charge in [0.2, 0.25) is 0 Å². The molecule has 39 heavy (non-hydrogen) atoms. The van der Waals surface area contributed by atoms with Gasteiger partial charge in [0.1, 0.15) is 5.82 Å². The minimum atomic E-state index is -3.63. The number of sulfonamides is 1. The van der Waals surface area contributed by atoms with Gasteiger partial charge in [0.05, 0.1) is 34.7 Å². The number of aryl methyl sites for hydroxylation is 2. The summed E-state index contributed by atoms with van der Waals surface area (Å²) >= 11 is 1.22. The molecule has 2 aromatic heterocycles. The number of aromatic nitrogens is 3. The van der Waals surface area contributed by atoms with Gasteiger partial charge in [0.25, 0.3) is 10.0 Å². The largest absolute Gasteiger partial charge is 0.381 e. The van der Waals surface area contributed by atoms with Crippen LogP contribution in [0.4, 0.5) is 4.39 Å². The molecule has 0 bridgehead atoms. The number of halogens is 1. The van der Waals surface area contributed by atoms with Gasteiger partial charge in [-0.15, -0.1) is 11.3 Å². The van der Waals surface area contributed by atoms with Crippen molar-refractivity contribution >= 4 is 32.3 Å². The maximum absolute atomic E-state index is 13.6. The number of piperazine rings is 1. The monoisotopic (exact) mass is 569 g/mol. The number of methoxy groups -OCH3 is 1. The Kier molecular flexibility index (Phi) is 7.05. The highest BCUT2D eigenvalue weighted by atomic mass is 32.2. The highest BCUT2D eigenvalue weighted by molar-refractivity contribution is 7.91. The number of benzene rings is 2. The van der Waals surface area contributed by atoms with Gasteiger partial charge in [-0.05, 0) is 80.1 Å². The van der Waals surface area contributed by atoms with E-state index < -0.39 is 10.0 Å². The Balaban J connectivity index is 1.35. The molecule has 1 atom stereocenters. The fourth-order valence-corrected chi connectivity index (χ4v) is 8.51. The Morgan fingerprint density at radius 1 is 1.10 bits per heavy atom. The number of hydrogen-bond donors (Lipinski definition) is 0. The molecule has 1 aliphatic carbocycles. The first-order valence-electron chi connectivity index (χ1n) is 13.2. The van der Waals surface area contributed by atoms with E-state index in [1.165, 1.54) is 29.7 Å². The molecule has 1 saturated carbocycles. The molecule has 3 heterocycles. The zero-order chi connectivity index (χ0) is 27.3. The van der Waals surface area contributed by atoms with Crippen LogP contribution in [0.25, 0.3) is 16.6 Å². The Bertz CT molecular complexity index is 1600. The summed E-state index contributed by atoms with van der Waals surface area (Å²) in [7, 11) is -1.87. The van der Waals surface area contributed by atoms with E-state index in [1.807, 2.05) is 17.8 Å². The minimum absolute atomic E-state index is 0.0947. The average molecular weight is 570 g/mol. The molecule has 0 spiro atoms. The second-order valence-electron chi connectivity index (χ2n) is 10.6. The van der Waals surface area contributed by atoms with Gasteiger partial charge in [0.15, 0.2) is 4.21 Å². The number of nitrogens with zero attached hydrogens (tertiary/aromatic N) is 5. The molecule has 2 fully saturated rings. The van der Waals surface area contributed by atoms with Gasteiger partial charge in [-0.25, -0.2) is 22.5 Å². The Morgan fingerprint density at radius 2 is 1.87 bits per heavy atom. The zero-order valence-corrected chi connectivity index (χ0v) is 23.9. The maximum Gasteiger partial charge on any atom is 0.254 e. The maximum atomic E-state index is 13.6. The van der Waals surface area contributed by atoms with Crippen LogP contribution in [0, 0.1) is 25.6 Å². The van der Waals surface area contributed by atoms with E-state index in [1.54, 1.807) is 23.5 Å². The van der Waals surface area contributed by atoms with Crippen molar-refractivity contribution in [2.24, 2.45) is 5.92 Å². The molecule has 11 heteroatoms. The van der Waals surface area contributed by atoms with Crippen molar-refractivity contribution in [2.45, 2.75) is 43.0 Å². The lowest BCUT2D eigenvalue weighted by molar-refractivity contribution is -0.0216. The molecule has 0 radical (unpaired) electrons. The summed E-state index contributed by atoms with van der Waals surface area (Å²) in [5.74, 6) is 0.248. The van der Waals surface area contributed by atoms with E-state index in [0.29, 0.717) is 35.9 Å². The molecule has 0 unspecified atom stereocenters. The van der Waals surface area contributed by atoms with Crippen LogP contribution in [0.3, 0.4) is 0 Å². The lowest BCUT2D eigenvalue weighted by Crippen LogP contribution is -2.52. The van der Waals surface area contributed by atoms with Crippen molar-refractivity contribution in [3.05, 3.63) is 70.7 Å². The summed E-state index contributed by atoms with van der Waals surface area (Å²) in [6.45, 7) is 6.27. The lowest BCUT2D eigenvalue weighted by Gasteiger charge is -2.45. The standard InChI is InChI=1S/C28H32FN5O3S2/c1-18-10-26-21(14-31-34(26)23-6-4-22(29)5-7-23)13-25(18)27-17-33(39(35,36)28-15-30-19(2)38-28)9-8-32(27)16-20-11-24(12-20)37-3/h4-7,10,13-15,20,24,27H,8-9,11-12,16-17H2,1-3H3/t20-,24+,27-/m0/s1. The highest BCUT2D eigenvalue weighted by Crippen LogP contribution is 2.37. The molecule has 6 rings (SSSR count). The fraction of sp³-hybridized carbons (Fsp3) is 0.429. The minimum Gasteiger partial charge on any atom is -0.381 e.